The van der Waals surface area contributed by atoms with Crippen LogP contribution in [0.5, 0.6) is 0 Å². The lowest BCUT2D eigenvalue weighted by atomic mass is 10.0. The summed E-state index contributed by atoms with van der Waals surface area (Å²) in [5.74, 6) is 0.394. The molecule has 1 saturated heterocycles. The Labute approximate surface area is 253 Å². The second-order valence-corrected chi connectivity index (χ2v) is 11.2. The van der Waals surface area contributed by atoms with Gasteiger partial charge in [0.25, 0.3) is 0 Å². The summed E-state index contributed by atoms with van der Waals surface area (Å²) in [7, 11) is 0. The molecule has 3 N–H and O–H groups in total. The van der Waals surface area contributed by atoms with E-state index in [-0.39, 0.29) is 24.3 Å². The smallest absolute Gasteiger partial charge is 0.411 e. The monoisotopic (exact) mass is 583 g/mol. The van der Waals surface area contributed by atoms with E-state index < -0.39 is 6.09 Å². The van der Waals surface area contributed by atoms with Gasteiger partial charge in [-0.25, -0.2) is 9.80 Å². The van der Waals surface area contributed by atoms with Crippen molar-refractivity contribution in [2.45, 2.75) is 44.6 Å². The number of nitrogens with one attached hydrogen (secondary N) is 3. The van der Waals surface area contributed by atoms with E-state index in [0.717, 1.165) is 36.7 Å². The van der Waals surface area contributed by atoms with E-state index in [2.05, 4.69) is 21.0 Å². The van der Waals surface area contributed by atoms with Crippen LogP contribution in [0.25, 0.3) is 11.1 Å². The number of rotatable bonds is 12. The Morgan fingerprint density at radius 3 is 2.21 bits per heavy atom. The van der Waals surface area contributed by atoms with Crippen molar-refractivity contribution in [1.82, 2.24) is 15.6 Å². The highest BCUT2D eigenvalue weighted by Crippen LogP contribution is 2.28. The zero-order valence-corrected chi connectivity index (χ0v) is 24.5. The predicted octanol–water partition coefficient (Wildman–Crippen LogP) is 5.21. The number of anilines is 2. The van der Waals surface area contributed by atoms with E-state index in [0.29, 0.717) is 43.7 Å². The molecule has 43 heavy (non-hydrogen) atoms. The van der Waals surface area contributed by atoms with Gasteiger partial charge in [0.15, 0.2) is 0 Å². The largest absolute Gasteiger partial charge is 0.446 e. The van der Waals surface area contributed by atoms with Crippen LogP contribution in [0.4, 0.5) is 16.2 Å². The lowest BCUT2D eigenvalue weighted by molar-refractivity contribution is -0.126. The number of nitrogens with zero attached hydrogens (tertiary/aromatic N) is 2. The molecule has 3 amide bonds. The first kappa shape index (κ1) is 30.3. The van der Waals surface area contributed by atoms with Crippen LogP contribution >= 0.6 is 0 Å². The average Bonchev–Trinajstić information content (AvgIpc) is 3.87. The molecule has 1 aliphatic heterocycles. The molecular weight excluding hydrogens is 542 g/mol. The van der Waals surface area contributed by atoms with Gasteiger partial charge in [-0.1, -0.05) is 66.7 Å². The van der Waals surface area contributed by atoms with Crippen LogP contribution in [0, 0.1) is 5.92 Å². The van der Waals surface area contributed by atoms with Gasteiger partial charge in [-0.05, 0) is 61.9 Å². The van der Waals surface area contributed by atoms with Crippen LogP contribution in [-0.4, -0.2) is 61.6 Å². The van der Waals surface area contributed by atoms with Crippen LogP contribution in [-0.2, 0) is 14.3 Å². The summed E-state index contributed by atoms with van der Waals surface area (Å²) < 4.78 is 5.75. The number of benzene rings is 3. The SMILES string of the molecule is O=C(CCNCC1CC1)NN(C(=O)CCN1CCC(OC(=O)Nc2ccccc2-c2ccccc2)CC1)c1ccccc1. The van der Waals surface area contributed by atoms with Crippen molar-refractivity contribution in [3.05, 3.63) is 84.9 Å². The van der Waals surface area contributed by atoms with Gasteiger partial charge in [-0.2, -0.15) is 0 Å². The third-order valence-corrected chi connectivity index (χ3v) is 7.86. The Hall–Kier alpha value is -4.21. The van der Waals surface area contributed by atoms with Gasteiger partial charge in [0.1, 0.15) is 6.10 Å². The highest BCUT2D eigenvalue weighted by molar-refractivity contribution is 5.96. The summed E-state index contributed by atoms with van der Waals surface area (Å²) >= 11 is 0. The first-order valence-corrected chi connectivity index (χ1v) is 15.3. The molecule has 1 aliphatic carbocycles. The Morgan fingerprint density at radius 2 is 1.49 bits per heavy atom. The summed E-state index contributed by atoms with van der Waals surface area (Å²) in [5.41, 5.74) is 6.11. The predicted molar refractivity (Wildman–Crippen MR) is 168 cm³/mol. The number of likely N-dealkylation sites (tertiary alicyclic amines) is 1. The molecular formula is C34H41N5O4. The minimum Gasteiger partial charge on any atom is -0.446 e. The highest BCUT2D eigenvalue weighted by Gasteiger charge is 2.25. The molecule has 9 heteroatoms. The molecule has 0 atom stereocenters. The van der Waals surface area contributed by atoms with Gasteiger partial charge in [0.05, 0.1) is 11.4 Å². The van der Waals surface area contributed by atoms with Crippen LogP contribution < -0.4 is 21.1 Å². The Balaban J connectivity index is 1.06. The zero-order valence-electron chi connectivity index (χ0n) is 24.5. The lowest BCUT2D eigenvalue weighted by Gasteiger charge is -2.32. The number of hydrazine groups is 1. The highest BCUT2D eigenvalue weighted by atomic mass is 16.6. The minimum atomic E-state index is -0.464. The van der Waals surface area contributed by atoms with Crippen molar-refractivity contribution in [3.8, 4) is 11.1 Å². The molecule has 0 radical (unpaired) electrons. The van der Waals surface area contributed by atoms with Crippen molar-refractivity contribution >= 4 is 29.3 Å². The lowest BCUT2D eigenvalue weighted by Crippen LogP contribution is -2.48. The maximum atomic E-state index is 13.3. The number of carbonyl (C=O) groups excluding carboxylic acids is 3. The number of para-hydroxylation sites is 2. The number of hydrogen-bond donors (Lipinski definition) is 3. The number of carbonyl (C=O) groups is 3. The fourth-order valence-corrected chi connectivity index (χ4v) is 5.23. The van der Waals surface area contributed by atoms with Crippen molar-refractivity contribution in [2.24, 2.45) is 5.92 Å². The van der Waals surface area contributed by atoms with Gasteiger partial charge in [-0.15, -0.1) is 0 Å². The molecule has 226 valence electrons. The Morgan fingerprint density at radius 1 is 0.814 bits per heavy atom. The molecule has 0 unspecified atom stereocenters. The summed E-state index contributed by atoms with van der Waals surface area (Å²) in [6.45, 7) is 3.54. The molecule has 0 aromatic heterocycles. The van der Waals surface area contributed by atoms with Crippen molar-refractivity contribution in [2.75, 3.05) is 43.0 Å². The van der Waals surface area contributed by atoms with Gasteiger partial charge in [0.2, 0.25) is 11.8 Å². The number of piperidine rings is 1. The second-order valence-electron chi connectivity index (χ2n) is 11.2. The summed E-state index contributed by atoms with van der Waals surface area (Å²) in [6, 6.07) is 26.8. The van der Waals surface area contributed by atoms with Crippen molar-refractivity contribution in [3.63, 3.8) is 0 Å². The molecule has 2 fully saturated rings. The maximum Gasteiger partial charge on any atom is 0.411 e. The van der Waals surface area contributed by atoms with Crippen LogP contribution in [0.2, 0.25) is 0 Å². The van der Waals surface area contributed by atoms with Crippen LogP contribution in [0.3, 0.4) is 0 Å². The standard InChI is InChI=1S/C34H41N5O4/c40-32(17-21-35-25-26-15-16-26)37-39(28-11-5-2-6-12-28)33(41)20-24-38-22-18-29(19-23-38)43-34(42)36-31-14-8-7-13-30(31)27-9-3-1-4-10-27/h1-14,26,29,35H,15-25H2,(H,36,42)(H,37,40). The molecule has 1 heterocycles. The van der Waals surface area contributed by atoms with Gasteiger partial charge in [0, 0.05) is 44.6 Å². The zero-order chi connectivity index (χ0) is 29.9. The number of amides is 3. The normalized spacial score (nSPS) is 15.4. The Kier molecular flexibility index (Phi) is 10.8. The number of ether oxygens (including phenoxy) is 1. The molecule has 1 saturated carbocycles. The quantitative estimate of drug-likeness (QED) is 0.200. The van der Waals surface area contributed by atoms with E-state index >= 15 is 0 Å². The third-order valence-electron chi connectivity index (χ3n) is 7.86. The minimum absolute atomic E-state index is 0.166. The molecule has 3 aromatic carbocycles. The van der Waals surface area contributed by atoms with Crippen molar-refractivity contribution < 1.29 is 19.1 Å². The molecule has 2 aliphatic rings. The molecule has 0 spiro atoms. The summed E-state index contributed by atoms with van der Waals surface area (Å²) in [6.07, 6.45) is 3.82. The summed E-state index contributed by atoms with van der Waals surface area (Å²) in [5, 5.41) is 7.60. The average molecular weight is 584 g/mol. The van der Waals surface area contributed by atoms with Crippen LogP contribution in [0.1, 0.15) is 38.5 Å². The summed E-state index contributed by atoms with van der Waals surface area (Å²) in [4.78, 5) is 40.8. The van der Waals surface area contributed by atoms with Gasteiger partial charge >= 0.3 is 6.09 Å². The topological polar surface area (TPSA) is 103 Å². The fourth-order valence-electron chi connectivity index (χ4n) is 5.23. The van der Waals surface area contributed by atoms with E-state index in [1.807, 2.05) is 84.9 Å². The maximum absolute atomic E-state index is 13.3. The molecule has 5 rings (SSSR count). The molecule has 3 aromatic rings. The Bertz CT molecular complexity index is 1340. The van der Waals surface area contributed by atoms with E-state index in [9.17, 15) is 14.4 Å². The van der Waals surface area contributed by atoms with Gasteiger partial charge in [-0.3, -0.25) is 20.3 Å². The first-order valence-electron chi connectivity index (χ1n) is 15.3. The fraction of sp³-hybridized carbons (Fsp3) is 0.382. The first-order chi connectivity index (χ1) is 21.0. The van der Waals surface area contributed by atoms with Gasteiger partial charge < -0.3 is 15.0 Å². The van der Waals surface area contributed by atoms with E-state index in [4.69, 9.17) is 4.74 Å². The third kappa shape index (κ3) is 9.39. The van der Waals surface area contributed by atoms with Crippen LogP contribution in [0.15, 0.2) is 84.9 Å². The number of hydrogen-bond acceptors (Lipinski definition) is 6. The molecule has 0 bridgehead atoms. The van der Waals surface area contributed by atoms with E-state index in [1.165, 1.54) is 17.9 Å². The second kappa shape index (κ2) is 15.3. The van der Waals surface area contributed by atoms with Crippen molar-refractivity contribution in [1.29, 1.82) is 0 Å². The molecule has 9 nitrogen and oxygen atoms in total. The van der Waals surface area contributed by atoms with E-state index in [1.54, 1.807) is 0 Å².